The minimum Gasteiger partial charge on any atom is -0.377 e. The topological polar surface area (TPSA) is 20.2 Å². The summed E-state index contributed by atoms with van der Waals surface area (Å²) in [5.74, 6) is 0. The van der Waals surface area contributed by atoms with E-state index in [1.165, 1.54) is 6.08 Å². The summed E-state index contributed by atoms with van der Waals surface area (Å²) < 4.78 is 36.6. The van der Waals surface area contributed by atoms with E-state index in [0.717, 1.165) is 12.5 Å². The van der Waals surface area contributed by atoms with Gasteiger partial charge in [-0.05, 0) is 31.8 Å². The van der Waals surface area contributed by atoms with Crippen LogP contribution in [0.2, 0.25) is 0 Å². The Bertz CT molecular complexity index is 185. The van der Waals surface area contributed by atoms with Crippen LogP contribution in [0.1, 0.15) is 25.7 Å². The molecular formula is C8H11F3O. The maximum atomic E-state index is 12.2. The lowest BCUT2D eigenvalue weighted by atomic mass is 9.98. The van der Waals surface area contributed by atoms with Crippen LogP contribution in [-0.2, 0) is 0 Å². The molecule has 1 atom stereocenters. The fourth-order valence-corrected chi connectivity index (χ4v) is 1.25. The SMILES string of the molecule is OC1(C(F)(F)F)C=CCCCC1. The molecule has 0 amide bonds. The largest absolute Gasteiger partial charge is 0.420 e. The zero-order valence-electron chi connectivity index (χ0n) is 6.56. The predicted octanol–water partition coefficient (Wildman–Crippen LogP) is 2.41. The lowest BCUT2D eigenvalue weighted by Gasteiger charge is -2.26. The molecule has 0 aliphatic heterocycles. The van der Waals surface area contributed by atoms with E-state index in [9.17, 15) is 18.3 Å². The molecule has 0 bridgehead atoms. The first-order valence-electron chi connectivity index (χ1n) is 3.92. The monoisotopic (exact) mass is 180 g/mol. The molecule has 1 aliphatic rings. The first kappa shape index (κ1) is 9.58. The predicted molar refractivity (Wildman–Crippen MR) is 38.6 cm³/mol. The van der Waals surface area contributed by atoms with Crippen molar-refractivity contribution in [3.05, 3.63) is 12.2 Å². The Morgan fingerprint density at radius 1 is 1.25 bits per heavy atom. The lowest BCUT2D eigenvalue weighted by molar-refractivity contribution is -0.241. The standard InChI is InChI=1S/C8H11F3O/c9-8(10,11)7(12)5-3-1-2-4-6-7/h3,5,12H,1-2,4,6H2. The molecular weight excluding hydrogens is 169 g/mol. The van der Waals surface area contributed by atoms with Crippen molar-refractivity contribution in [1.29, 1.82) is 0 Å². The number of rotatable bonds is 0. The second-order valence-corrected chi connectivity index (χ2v) is 3.07. The van der Waals surface area contributed by atoms with Gasteiger partial charge in [-0.25, -0.2) is 0 Å². The summed E-state index contributed by atoms with van der Waals surface area (Å²) in [5, 5.41) is 9.18. The molecule has 0 aromatic heterocycles. The highest BCUT2D eigenvalue weighted by atomic mass is 19.4. The summed E-state index contributed by atoms with van der Waals surface area (Å²) in [5.41, 5.74) is -2.58. The van der Waals surface area contributed by atoms with Crippen LogP contribution in [-0.4, -0.2) is 16.9 Å². The highest BCUT2D eigenvalue weighted by Crippen LogP contribution is 2.37. The number of halogens is 3. The van der Waals surface area contributed by atoms with Gasteiger partial charge in [-0.2, -0.15) is 13.2 Å². The van der Waals surface area contributed by atoms with Gasteiger partial charge < -0.3 is 5.11 Å². The van der Waals surface area contributed by atoms with E-state index in [1.54, 1.807) is 0 Å². The molecule has 70 valence electrons. The molecule has 0 aromatic rings. The molecule has 0 saturated heterocycles. The molecule has 0 saturated carbocycles. The van der Waals surface area contributed by atoms with Crippen molar-refractivity contribution in [2.45, 2.75) is 37.5 Å². The molecule has 1 aliphatic carbocycles. The average Bonchev–Trinajstić information content (AvgIpc) is 2.12. The van der Waals surface area contributed by atoms with Crippen molar-refractivity contribution in [2.75, 3.05) is 0 Å². The van der Waals surface area contributed by atoms with Gasteiger partial charge in [0.25, 0.3) is 0 Å². The Morgan fingerprint density at radius 3 is 2.50 bits per heavy atom. The zero-order valence-corrected chi connectivity index (χ0v) is 6.56. The van der Waals surface area contributed by atoms with Crippen LogP contribution in [0.3, 0.4) is 0 Å². The van der Waals surface area contributed by atoms with Crippen LogP contribution >= 0.6 is 0 Å². The van der Waals surface area contributed by atoms with Crippen molar-refractivity contribution in [2.24, 2.45) is 0 Å². The number of allylic oxidation sites excluding steroid dienone is 1. The van der Waals surface area contributed by atoms with Crippen molar-refractivity contribution < 1.29 is 18.3 Å². The molecule has 1 nitrogen and oxygen atoms in total. The Morgan fingerprint density at radius 2 is 1.92 bits per heavy atom. The van der Waals surface area contributed by atoms with Gasteiger partial charge in [0.05, 0.1) is 0 Å². The Kier molecular flexibility index (Phi) is 2.46. The Hall–Kier alpha value is -0.510. The van der Waals surface area contributed by atoms with Crippen LogP contribution in [0.4, 0.5) is 13.2 Å². The summed E-state index contributed by atoms with van der Waals surface area (Å²) in [4.78, 5) is 0. The maximum Gasteiger partial charge on any atom is 0.420 e. The Balaban J connectivity index is 2.80. The van der Waals surface area contributed by atoms with Crippen LogP contribution < -0.4 is 0 Å². The minimum absolute atomic E-state index is 0.215. The highest BCUT2D eigenvalue weighted by molar-refractivity contribution is 5.07. The van der Waals surface area contributed by atoms with E-state index in [1.807, 2.05) is 0 Å². The average molecular weight is 180 g/mol. The van der Waals surface area contributed by atoms with E-state index < -0.39 is 11.8 Å². The van der Waals surface area contributed by atoms with Gasteiger partial charge >= 0.3 is 6.18 Å². The molecule has 1 rings (SSSR count). The molecule has 0 fully saturated rings. The van der Waals surface area contributed by atoms with Gasteiger partial charge in [-0.15, -0.1) is 0 Å². The molecule has 4 heteroatoms. The molecule has 0 aromatic carbocycles. The Labute approximate surface area is 68.9 Å². The second kappa shape index (κ2) is 3.09. The fraction of sp³-hybridized carbons (Fsp3) is 0.750. The van der Waals surface area contributed by atoms with E-state index >= 15 is 0 Å². The van der Waals surface area contributed by atoms with E-state index in [0.29, 0.717) is 12.8 Å². The van der Waals surface area contributed by atoms with Crippen LogP contribution in [0.25, 0.3) is 0 Å². The number of alkyl halides is 3. The van der Waals surface area contributed by atoms with Gasteiger partial charge in [0.15, 0.2) is 5.60 Å². The van der Waals surface area contributed by atoms with Gasteiger partial charge in [-0.1, -0.05) is 6.08 Å². The smallest absolute Gasteiger partial charge is 0.377 e. The molecule has 12 heavy (non-hydrogen) atoms. The summed E-state index contributed by atoms with van der Waals surface area (Å²) in [6, 6.07) is 0. The van der Waals surface area contributed by atoms with Crippen LogP contribution in [0.5, 0.6) is 0 Å². The summed E-state index contributed by atoms with van der Waals surface area (Å²) in [7, 11) is 0. The van der Waals surface area contributed by atoms with Gasteiger partial charge in [-0.3, -0.25) is 0 Å². The third kappa shape index (κ3) is 1.80. The second-order valence-electron chi connectivity index (χ2n) is 3.07. The number of aliphatic hydroxyl groups is 1. The summed E-state index contributed by atoms with van der Waals surface area (Å²) >= 11 is 0. The zero-order chi connectivity index (χ0) is 9.24. The maximum absolute atomic E-state index is 12.2. The summed E-state index contributed by atoms with van der Waals surface area (Å²) in [6.07, 6.45) is -0.711. The summed E-state index contributed by atoms with van der Waals surface area (Å²) in [6.45, 7) is 0. The van der Waals surface area contributed by atoms with Gasteiger partial charge in [0.1, 0.15) is 0 Å². The van der Waals surface area contributed by atoms with Crippen molar-refractivity contribution in [1.82, 2.24) is 0 Å². The van der Waals surface area contributed by atoms with Crippen LogP contribution in [0, 0.1) is 0 Å². The van der Waals surface area contributed by atoms with Crippen molar-refractivity contribution >= 4 is 0 Å². The van der Waals surface area contributed by atoms with Crippen molar-refractivity contribution in [3.8, 4) is 0 Å². The number of hydrogen-bond acceptors (Lipinski definition) is 1. The van der Waals surface area contributed by atoms with E-state index in [4.69, 9.17) is 0 Å². The lowest BCUT2D eigenvalue weighted by Crippen LogP contribution is -2.42. The first-order valence-corrected chi connectivity index (χ1v) is 3.92. The molecule has 0 radical (unpaired) electrons. The van der Waals surface area contributed by atoms with E-state index in [-0.39, 0.29) is 6.42 Å². The van der Waals surface area contributed by atoms with Gasteiger partial charge in [0.2, 0.25) is 0 Å². The third-order valence-electron chi connectivity index (χ3n) is 2.06. The molecule has 1 unspecified atom stereocenters. The number of hydrogen-bond donors (Lipinski definition) is 1. The van der Waals surface area contributed by atoms with Gasteiger partial charge in [0, 0.05) is 0 Å². The first-order chi connectivity index (χ1) is 5.46. The third-order valence-corrected chi connectivity index (χ3v) is 2.06. The highest BCUT2D eigenvalue weighted by Gasteiger charge is 2.51. The fourth-order valence-electron chi connectivity index (χ4n) is 1.25. The van der Waals surface area contributed by atoms with Crippen LogP contribution in [0.15, 0.2) is 12.2 Å². The molecule has 1 N–H and O–H groups in total. The quantitative estimate of drug-likeness (QED) is 0.567. The molecule has 0 heterocycles. The minimum atomic E-state index is -4.53. The molecule has 0 spiro atoms. The van der Waals surface area contributed by atoms with E-state index in [2.05, 4.69) is 0 Å². The van der Waals surface area contributed by atoms with Crippen molar-refractivity contribution in [3.63, 3.8) is 0 Å². The normalized spacial score (nSPS) is 31.7.